The van der Waals surface area contributed by atoms with Gasteiger partial charge in [-0.1, -0.05) is 13.3 Å². The van der Waals surface area contributed by atoms with Gasteiger partial charge in [-0.2, -0.15) is 0 Å². The molecule has 1 rings (SSSR count). The monoisotopic (exact) mass is 455 g/mol. The molecule has 7 heteroatoms. The minimum absolute atomic E-state index is 0. The third-order valence-electron chi connectivity index (χ3n) is 3.32. The zero-order valence-electron chi connectivity index (χ0n) is 14.4. The highest BCUT2D eigenvalue weighted by Crippen LogP contribution is 2.09. The molecule has 0 aromatic heterocycles. The molecule has 0 bridgehead atoms. The third-order valence-corrected chi connectivity index (χ3v) is 3.32. The van der Waals surface area contributed by atoms with Gasteiger partial charge >= 0.3 is 0 Å². The van der Waals surface area contributed by atoms with Gasteiger partial charge in [0.1, 0.15) is 11.6 Å². The van der Waals surface area contributed by atoms with Crippen molar-refractivity contribution in [3.8, 4) is 0 Å². The van der Waals surface area contributed by atoms with Crippen LogP contribution in [0.1, 0.15) is 31.7 Å². The van der Waals surface area contributed by atoms with Crippen molar-refractivity contribution in [1.82, 2.24) is 10.6 Å². The smallest absolute Gasteiger partial charge is 0.190 e. The molecule has 0 heterocycles. The van der Waals surface area contributed by atoms with E-state index < -0.39 is 5.82 Å². The van der Waals surface area contributed by atoms with Crippen molar-refractivity contribution in [3.05, 3.63) is 35.4 Å². The van der Waals surface area contributed by atoms with Crippen molar-refractivity contribution in [2.45, 2.75) is 32.6 Å². The first-order valence-electron chi connectivity index (χ1n) is 8.13. The highest BCUT2D eigenvalue weighted by Gasteiger charge is 2.04. The molecule has 0 atom stereocenters. The zero-order valence-corrected chi connectivity index (χ0v) is 16.7. The van der Waals surface area contributed by atoms with Crippen molar-refractivity contribution < 1.29 is 13.5 Å². The molecule has 138 valence electrons. The predicted molar refractivity (Wildman–Crippen MR) is 105 cm³/mol. The summed E-state index contributed by atoms with van der Waals surface area (Å²) in [6.45, 7) is 4.89. The van der Waals surface area contributed by atoms with Crippen LogP contribution in [-0.4, -0.2) is 39.3 Å². The molecule has 0 fully saturated rings. The van der Waals surface area contributed by atoms with E-state index in [-0.39, 0.29) is 29.8 Å². The first-order valence-corrected chi connectivity index (χ1v) is 8.13. The SMILES string of the molecule is CCCCOCCCNC(=NC)NCCc1cc(F)ccc1F.I. The Morgan fingerprint density at radius 1 is 1.12 bits per heavy atom. The van der Waals surface area contributed by atoms with E-state index in [2.05, 4.69) is 22.5 Å². The Bertz CT molecular complexity index is 487. The lowest BCUT2D eigenvalue weighted by Crippen LogP contribution is -2.39. The summed E-state index contributed by atoms with van der Waals surface area (Å²) in [5.74, 6) is -0.164. The number of halogens is 3. The van der Waals surface area contributed by atoms with E-state index in [1.54, 1.807) is 7.05 Å². The average molecular weight is 455 g/mol. The van der Waals surface area contributed by atoms with Gasteiger partial charge in [0.05, 0.1) is 0 Å². The fourth-order valence-electron chi connectivity index (χ4n) is 2.00. The van der Waals surface area contributed by atoms with E-state index in [1.165, 1.54) is 6.07 Å². The molecule has 0 unspecified atom stereocenters. The maximum Gasteiger partial charge on any atom is 0.190 e. The lowest BCUT2D eigenvalue weighted by molar-refractivity contribution is 0.129. The van der Waals surface area contributed by atoms with Gasteiger partial charge < -0.3 is 15.4 Å². The van der Waals surface area contributed by atoms with E-state index in [9.17, 15) is 8.78 Å². The van der Waals surface area contributed by atoms with Gasteiger partial charge in [-0.3, -0.25) is 4.99 Å². The average Bonchev–Trinajstić information content (AvgIpc) is 2.55. The number of nitrogens with one attached hydrogen (secondary N) is 2. The van der Waals surface area contributed by atoms with Gasteiger partial charge in [0.2, 0.25) is 0 Å². The lowest BCUT2D eigenvalue weighted by Gasteiger charge is -2.12. The number of nitrogens with zero attached hydrogens (tertiary/aromatic N) is 1. The Balaban J connectivity index is 0.00000529. The molecule has 0 saturated carbocycles. The Morgan fingerprint density at radius 3 is 2.54 bits per heavy atom. The summed E-state index contributed by atoms with van der Waals surface area (Å²) < 4.78 is 32.1. The van der Waals surface area contributed by atoms with E-state index >= 15 is 0 Å². The summed E-state index contributed by atoms with van der Waals surface area (Å²) in [4.78, 5) is 4.09. The van der Waals surface area contributed by atoms with Crippen LogP contribution in [0.4, 0.5) is 8.78 Å². The van der Waals surface area contributed by atoms with Gasteiger partial charge in [0.15, 0.2) is 5.96 Å². The molecule has 2 N–H and O–H groups in total. The number of hydrogen-bond donors (Lipinski definition) is 2. The molecule has 0 spiro atoms. The third kappa shape index (κ3) is 10.0. The van der Waals surface area contributed by atoms with Crippen LogP contribution in [0.25, 0.3) is 0 Å². The topological polar surface area (TPSA) is 45.6 Å². The Hall–Kier alpha value is -0.960. The van der Waals surface area contributed by atoms with Crippen LogP contribution in [-0.2, 0) is 11.2 Å². The van der Waals surface area contributed by atoms with Crippen LogP contribution in [0.5, 0.6) is 0 Å². The summed E-state index contributed by atoms with van der Waals surface area (Å²) in [6.07, 6.45) is 3.52. The molecule has 0 amide bonds. The van der Waals surface area contributed by atoms with Gasteiger partial charge in [-0.05, 0) is 43.0 Å². The van der Waals surface area contributed by atoms with Crippen molar-refractivity contribution in [2.24, 2.45) is 4.99 Å². The molecule has 0 aliphatic rings. The van der Waals surface area contributed by atoms with Gasteiger partial charge in [-0.25, -0.2) is 8.78 Å². The zero-order chi connectivity index (χ0) is 16.9. The molecule has 0 saturated heterocycles. The molecule has 1 aromatic carbocycles. The maximum atomic E-state index is 13.5. The van der Waals surface area contributed by atoms with E-state index in [4.69, 9.17) is 4.74 Å². The largest absolute Gasteiger partial charge is 0.381 e. The summed E-state index contributed by atoms with van der Waals surface area (Å²) in [6, 6.07) is 3.49. The van der Waals surface area contributed by atoms with E-state index in [0.29, 0.717) is 24.5 Å². The molecule has 0 radical (unpaired) electrons. The van der Waals surface area contributed by atoms with Crippen molar-refractivity contribution in [2.75, 3.05) is 33.4 Å². The summed E-state index contributed by atoms with van der Waals surface area (Å²) >= 11 is 0. The van der Waals surface area contributed by atoms with Gasteiger partial charge in [-0.15, -0.1) is 24.0 Å². The summed E-state index contributed by atoms with van der Waals surface area (Å²) in [7, 11) is 1.68. The molecular weight excluding hydrogens is 427 g/mol. The predicted octanol–water partition coefficient (Wildman–Crippen LogP) is 3.50. The second-order valence-corrected chi connectivity index (χ2v) is 5.23. The Labute approximate surface area is 160 Å². The van der Waals surface area contributed by atoms with Crippen LogP contribution in [0, 0.1) is 11.6 Å². The minimum atomic E-state index is -0.424. The highest BCUT2D eigenvalue weighted by atomic mass is 127. The lowest BCUT2D eigenvalue weighted by atomic mass is 10.1. The number of ether oxygens (including phenoxy) is 1. The van der Waals surface area contributed by atoms with Crippen LogP contribution in [0.15, 0.2) is 23.2 Å². The van der Waals surface area contributed by atoms with Crippen molar-refractivity contribution in [3.63, 3.8) is 0 Å². The number of rotatable bonds is 10. The summed E-state index contributed by atoms with van der Waals surface area (Å²) in [5, 5.41) is 6.25. The van der Waals surface area contributed by atoms with Crippen LogP contribution in [0.2, 0.25) is 0 Å². The molecule has 0 aliphatic heterocycles. The Kier molecular flexibility index (Phi) is 13.8. The highest BCUT2D eigenvalue weighted by molar-refractivity contribution is 14.0. The number of benzene rings is 1. The Morgan fingerprint density at radius 2 is 1.83 bits per heavy atom. The molecular formula is C17H28F2IN3O. The molecule has 1 aromatic rings. The molecule has 4 nitrogen and oxygen atoms in total. The van der Waals surface area contributed by atoms with Gasteiger partial charge in [0, 0.05) is 33.4 Å². The normalized spacial score (nSPS) is 11.1. The minimum Gasteiger partial charge on any atom is -0.381 e. The first-order chi connectivity index (χ1) is 11.2. The summed E-state index contributed by atoms with van der Waals surface area (Å²) in [5.41, 5.74) is 0.359. The maximum absolute atomic E-state index is 13.5. The second kappa shape index (κ2) is 14.4. The van der Waals surface area contributed by atoms with E-state index in [0.717, 1.165) is 51.2 Å². The number of aliphatic imine (C=N–C) groups is 1. The molecule has 0 aliphatic carbocycles. The fourth-order valence-corrected chi connectivity index (χ4v) is 2.00. The van der Waals surface area contributed by atoms with Crippen LogP contribution < -0.4 is 10.6 Å². The number of guanidine groups is 1. The van der Waals surface area contributed by atoms with Crippen LogP contribution in [0.3, 0.4) is 0 Å². The standard InChI is InChI=1S/C17H27F2N3O.HI/c1-3-4-11-23-12-5-9-21-17(20-2)22-10-8-14-13-15(18)6-7-16(14)19;/h6-7,13H,3-5,8-12H2,1-2H3,(H2,20,21,22);1H. The van der Waals surface area contributed by atoms with Crippen molar-refractivity contribution >= 4 is 29.9 Å². The number of unbranched alkanes of at least 4 members (excludes halogenated alkanes) is 1. The quantitative estimate of drug-likeness (QED) is 0.246. The number of hydrogen-bond acceptors (Lipinski definition) is 2. The van der Waals surface area contributed by atoms with Gasteiger partial charge in [0.25, 0.3) is 0 Å². The van der Waals surface area contributed by atoms with Crippen molar-refractivity contribution in [1.29, 1.82) is 0 Å². The fraction of sp³-hybridized carbons (Fsp3) is 0.588. The van der Waals surface area contributed by atoms with Crippen LogP contribution >= 0.6 is 24.0 Å². The first kappa shape index (κ1) is 23.0. The van der Waals surface area contributed by atoms with E-state index in [1.807, 2.05) is 0 Å². The molecule has 24 heavy (non-hydrogen) atoms. The second-order valence-electron chi connectivity index (χ2n) is 5.23.